The lowest BCUT2D eigenvalue weighted by Crippen LogP contribution is -2.46. The number of anilines is 1. The molecule has 0 bridgehead atoms. The zero-order valence-electron chi connectivity index (χ0n) is 19.2. The van der Waals surface area contributed by atoms with Crippen molar-refractivity contribution in [2.24, 2.45) is 10.8 Å². The fraction of sp³-hybridized carbons (Fsp3) is 0.680. The number of likely N-dealkylation sites (N-methyl/N-ethyl adjacent to an activating group) is 1. The molecule has 152 valence electrons. The van der Waals surface area contributed by atoms with Crippen LogP contribution in [0.5, 0.6) is 0 Å². The summed E-state index contributed by atoms with van der Waals surface area (Å²) >= 11 is 0. The van der Waals surface area contributed by atoms with Gasteiger partial charge in [-0.3, -0.25) is 0 Å². The summed E-state index contributed by atoms with van der Waals surface area (Å²) in [6, 6.07) is 6.87. The Balaban J connectivity index is 0.00000126. The van der Waals surface area contributed by atoms with E-state index in [1.165, 1.54) is 49.3 Å². The van der Waals surface area contributed by atoms with Crippen molar-refractivity contribution >= 4 is 11.3 Å². The van der Waals surface area contributed by atoms with Crippen LogP contribution in [0.15, 0.2) is 24.3 Å². The van der Waals surface area contributed by atoms with Crippen molar-refractivity contribution in [3.05, 3.63) is 35.4 Å². The van der Waals surface area contributed by atoms with Gasteiger partial charge in [-0.15, -0.1) is 0 Å². The SMILES string of the molecule is CC.CCN1CCN(c2cccc(C)c2C2=CC(C)(C)CC(C)(C)C2)CC1. The van der Waals surface area contributed by atoms with Crippen LogP contribution < -0.4 is 4.90 Å². The molecule has 0 unspecified atom stereocenters. The van der Waals surface area contributed by atoms with E-state index in [4.69, 9.17) is 0 Å². The second-order valence-corrected chi connectivity index (χ2v) is 9.57. The van der Waals surface area contributed by atoms with Gasteiger partial charge in [0.25, 0.3) is 0 Å². The number of rotatable bonds is 3. The van der Waals surface area contributed by atoms with Crippen LogP contribution >= 0.6 is 0 Å². The second kappa shape index (κ2) is 8.82. The van der Waals surface area contributed by atoms with E-state index in [0.29, 0.717) is 5.41 Å². The van der Waals surface area contributed by atoms with Crippen LogP contribution in [0, 0.1) is 17.8 Å². The minimum absolute atomic E-state index is 0.275. The van der Waals surface area contributed by atoms with Crippen LogP contribution in [0.3, 0.4) is 0 Å². The van der Waals surface area contributed by atoms with Crippen LogP contribution in [-0.2, 0) is 0 Å². The van der Waals surface area contributed by atoms with E-state index in [1.807, 2.05) is 13.8 Å². The molecule has 0 aromatic heterocycles. The van der Waals surface area contributed by atoms with Crippen molar-refractivity contribution < 1.29 is 0 Å². The van der Waals surface area contributed by atoms with Crippen molar-refractivity contribution in [3.8, 4) is 0 Å². The molecule has 0 radical (unpaired) electrons. The largest absolute Gasteiger partial charge is 0.368 e. The highest BCUT2D eigenvalue weighted by atomic mass is 15.3. The number of allylic oxidation sites excluding steroid dienone is 2. The van der Waals surface area contributed by atoms with Gasteiger partial charge in [0.1, 0.15) is 0 Å². The molecule has 2 aliphatic rings. The van der Waals surface area contributed by atoms with Gasteiger partial charge in [0.15, 0.2) is 0 Å². The minimum atomic E-state index is 0.275. The van der Waals surface area contributed by atoms with Gasteiger partial charge in [0, 0.05) is 37.4 Å². The Morgan fingerprint density at radius 3 is 2.15 bits per heavy atom. The number of hydrogen-bond acceptors (Lipinski definition) is 2. The molecule has 1 aliphatic heterocycles. The van der Waals surface area contributed by atoms with E-state index in [9.17, 15) is 0 Å². The summed E-state index contributed by atoms with van der Waals surface area (Å²) in [5, 5.41) is 0. The summed E-state index contributed by atoms with van der Waals surface area (Å²) < 4.78 is 0. The van der Waals surface area contributed by atoms with Crippen molar-refractivity contribution in [1.82, 2.24) is 4.90 Å². The van der Waals surface area contributed by atoms with Crippen molar-refractivity contribution in [1.29, 1.82) is 0 Å². The highest BCUT2D eigenvalue weighted by Crippen LogP contribution is 2.49. The Morgan fingerprint density at radius 1 is 0.963 bits per heavy atom. The van der Waals surface area contributed by atoms with Gasteiger partial charge in [-0.05, 0) is 54.3 Å². The lowest BCUT2D eigenvalue weighted by molar-refractivity contribution is 0.228. The van der Waals surface area contributed by atoms with Crippen LogP contribution in [-0.4, -0.2) is 37.6 Å². The van der Waals surface area contributed by atoms with Gasteiger partial charge in [-0.2, -0.15) is 0 Å². The van der Waals surface area contributed by atoms with Crippen molar-refractivity contribution in [3.63, 3.8) is 0 Å². The molecule has 3 rings (SSSR count). The van der Waals surface area contributed by atoms with Crippen LogP contribution in [0.4, 0.5) is 5.69 Å². The number of nitrogens with zero attached hydrogens (tertiary/aromatic N) is 2. The number of benzene rings is 1. The first kappa shape index (κ1) is 22.0. The van der Waals surface area contributed by atoms with Gasteiger partial charge in [-0.1, -0.05) is 66.7 Å². The van der Waals surface area contributed by atoms with E-state index in [0.717, 1.165) is 13.1 Å². The molecule has 0 N–H and O–H groups in total. The fourth-order valence-electron chi connectivity index (χ4n) is 5.18. The van der Waals surface area contributed by atoms with E-state index in [1.54, 1.807) is 5.57 Å². The van der Waals surface area contributed by atoms with Gasteiger partial charge < -0.3 is 9.80 Å². The van der Waals surface area contributed by atoms with Crippen LogP contribution in [0.1, 0.15) is 72.4 Å². The molecule has 27 heavy (non-hydrogen) atoms. The summed E-state index contributed by atoms with van der Waals surface area (Å²) in [5.74, 6) is 0. The first-order valence-corrected chi connectivity index (χ1v) is 11.0. The third kappa shape index (κ3) is 5.38. The second-order valence-electron chi connectivity index (χ2n) is 9.57. The molecule has 0 atom stereocenters. The highest BCUT2D eigenvalue weighted by Gasteiger charge is 2.35. The molecule has 1 saturated heterocycles. The van der Waals surface area contributed by atoms with E-state index < -0.39 is 0 Å². The molecule has 2 nitrogen and oxygen atoms in total. The summed E-state index contributed by atoms with van der Waals surface area (Å²) in [7, 11) is 0. The van der Waals surface area contributed by atoms with Gasteiger partial charge >= 0.3 is 0 Å². The average Bonchev–Trinajstić information content (AvgIpc) is 2.60. The third-order valence-corrected chi connectivity index (χ3v) is 5.90. The highest BCUT2D eigenvalue weighted by molar-refractivity contribution is 5.80. The summed E-state index contributed by atoms with van der Waals surface area (Å²) in [6.45, 7) is 24.0. The predicted molar refractivity (Wildman–Crippen MR) is 122 cm³/mol. The molecule has 1 aromatic rings. The molecule has 0 amide bonds. The predicted octanol–water partition coefficient (Wildman–Crippen LogP) is 6.39. The lowest BCUT2D eigenvalue weighted by Gasteiger charge is -2.41. The standard InChI is InChI=1S/C23H36N2.C2H6/c1-7-24-11-13-25(14-12-24)20-10-8-9-18(2)21(20)19-15-22(3,4)17-23(5,6)16-19;1-2/h8-10,15H,7,11-14,16-17H2,1-6H3;1-2H3. The number of piperazine rings is 1. The summed E-state index contributed by atoms with van der Waals surface area (Å²) in [5.41, 5.74) is 6.59. The zero-order chi connectivity index (χ0) is 20.2. The van der Waals surface area contributed by atoms with Crippen molar-refractivity contribution in [2.75, 3.05) is 37.6 Å². The third-order valence-electron chi connectivity index (χ3n) is 5.90. The Morgan fingerprint density at radius 2 is 1.59 bits per heavy atom. The smallest absolute Gasteiger partial charge is 0.0446 e. The fourth-order valence-corrected chi connectivity index (χ4v) is 5.18. The monoisotopic (exact) mass is 370 g/mol. The number of hydrogen-bond donors (Lipinski definition) is 0. The molecule has 1 aromatic carbocycles. The molecular formula is C25H42N2. The quantitative estimate of drug-likeness (QED) is 0.608. The van der Waals surface area contributed by atoms with E-state index >= 15 is 0 Å². The zero-order valence-corrected chi connectivity index (χ0v) is 19.2. The molecule has 2 heteroatoms. The summed E-state index contributed by atoms with van der Waals surface area (Å²) in [4.78, 5) is 5.17. The van der Waals surface area contributed by atoms with E-state index in [-0.39, 0.29) is 5.41 Å². The van der Waals surface area contributed by atoms with Gasteiger partial charge in [0.2, 0.25) is 0 Å². The van der Waals surface area contributed by atoms with E-state index in [2.05, 4.69) is 75.6 Å². The Hall–Kier alpha value is -1.28. The average molecular weight is 371 g/mol. The lowest BCUT2D eigenvalue weighted by atomic mass is 9.65. The van der Waals surface area contributed by atoms with Gasteiger partial charge in [0.05, 0.1) is 0 Å². The topological polar surface area (TPSA) is 6.48 Å². The molecule has 1 fully saturated rings. The molecule has 1 aliphatic carbocycles. The molecule has 0 saturated carbocycles. The maximum Gasteiger partial charge on any atom is 0.0446 e. The maximum absolute atomic E-state index is 2.62. The first-order chi connectivity index (χ1) is 12.7. The summed E-state index contributed by atoms with van der Waals surface area (Å²) in [6.07, 6.45) is 5.01. The van der Waals surface area contributed by atoms with Crippen LogP contribution in [0.25, 0.3) is 5.57 Å². The molecule has 1 heterocycles. The Labute approximate surface area is 168 Å². The van der Waals surface area contributed by atoms with Crippen LogP contribution in [0.2, 0.25) is 0 Å². The number of aryl methyl sites for hydroxylation is 1. The minimum Gasteiger partial charge on any atom is -0.368 e. The maximum atomic E-state index is 2.62. The molecule has 0 spiro atoms. The Kier molecular flexibility index (Phi) is 7.19. The first-order valence-electron chi connectivity index (χ1n) is 11.0. The normalized spacial score (nSPS) is 21.9. The van der Waals surface area contributed by atoms with Gasteiger partial charge in [-0.25, -0.2) is 0 Å². The Bertz CT molecular complexity index is 646. The molecular weight excluding hydrogens is 328 g/mol. The van der Waals surface area contributed by atoms with Crippen molar-refractivity contribution in [2.45, 2.75) is 68.2 Å².